The van der Waals surface area contributed by atoms with Crippen LogP contribution >= 0.6 is 0 Å². The molecule has 0 spiro atoms. The summed E-state index contributed by atoms with van der Waals surface area (Å²) in [5.74, 6) is 0.990. The molecule has 0 atom stereocenters. The summed E-state index contributed by atoms with van der Waals surface area (Å²) >= 11 is 0. The normalized spacial score (nSPS) is 16.4. The number of aliphatic hydroxyl groups excluding tert-OH is 1. The Morgan fingerprint density at radius 2 is 1.74 bits per heavy atom. The first-order valence-corrected chi connectivity index (χ1v) is 8.26. The Kier molecular flexibility index (Phi) is 6.02. The molecule has 0 radical (unpaired) electrons. The van der Waals surface area contributed by atoms with Crippen LogP contribution in [0.15, 0.2) is 24.3 Å². The standard InChI is InChI=1S/C18H28N2O3/c1-18(2,3)23-16-6-4-15(5-7-16)14-17(22)20-10-8-19(9-11-20)12-13-21/h4-7,21H,8-14H2,1-3H3. The Morgan fingerprint density at radius 3 is 2.26 bits per heavy atom. The van der Waals surface area contributed by atoms with Crippen LogP contribution in [-0.4, -0.2) is 65.7 Å². The topological polar surface area (TPSA) is 53.0 Å². The predicted molar refractivity (Wildman–Crippen MR) is 90.6 cm³/mol. The highest BCUT2D eigenvalue weighted by Crippen LogP contribution is 2.19. The first-order valence-electron chi connectivity index (χ1n) is 8.26. The maximum atomic E-state index is 12.4. The molecule has 1 aliphatic rings. The van der Waals surface area contributed by atoms with E-state index in [-0.39, 0.29) is 18.1 Å². The smallest absolute Gasteiger partial charge is 0.227 e. The van der Waals surface area contributed by atoms with Crippen molar-refractivity contribution >= 4 is 5.91 Å². The Morgan fingerprint density at radius 1 is 1.13 bits per heavy atom. The number of piperazine rings is 1. The van der Waals surface area contributed by atoms with E-state index in [0.717, 1.165) is 37.5 Å². The number of carbonyl (C=O) groups excluding carboxylic acids is 1. The fourth-order valence-electron chi connectivity index (χ4n) is 2.68. The van der Waals surface area contributed by atoms with E-state index in [1.807, 2.05) is 49.9 Å². The molecule has 0 unspecified atom stereocenters. The zero-order chi connectivity index (χ0) is 16.9. The van der Waals surface area contributed by atoms with Crippen molar-refractivity contribution in [3.8, 4) is 5.75 Å². The van der Waals surface area contributed by atoms with Crippen molar-refractivity contribution in [3.63, 3.8) is 0 Å². The van der Waals surface area contributed by atoms with Crippen LogP contribution in [0, 0.1) is 0 Å². The maximum Gasteiger partial charge on any atom is 0.227 e. The van der Waals surface area contributed by atoms with Crippen molar-refractivity contribution in [2.24, 2.45) is 0 Å². The summed E-state index contributed by atoms with van der Waals surface area (Å²) in [5.41, 5.74) is 0.792. The summed E-state index contributed by atoms with van der Waals surface area (Å²) < 4.78 is 5.79. The molecule has 5 nitrogen and oxygen atoms in total. The third-order valence-electron chi connectivity index (χ3n) is 3.84. The number of aliphatic hydroxyl groups is 1. The third-order valence-corrected chi connectivity index (χ3v) is 3.84. The molecule has 1 N–H and O–H groups in total. The number of amides is 1. The molecule has 1 fully saturated rings. The summed E-state index contributed by atoms with van der Waals surface area (Å²) in [4.78, 5) is 16.5. The average Bonchev–Trinajstić information content (AvgIpc) is 2.49. The molecule has 5 heteroatoms. The van der Waals surface area contributed by atoms with Gasteiger partial charge in [0, 0.05) is 32.7 Å². The highest BCUT2D eigenvalue weighted by atomic mass is 16.5. The second kappa shape index (κ2) is 7.79. The lowest BCUT2D eigenvalue weighted by atomic mass is 10.1. The van der Waals surface area contributed by atoms with Crippen LogP contribution in [0.3, 0.4) is 0 Å². The predicted octanol–water partition coefficient (Wildman–Crippen LogP) is 1.54. The molecule has 0 bridgehead atoms. The molecular formula is C18H28N2O3. The minimum atomic E-state index is -0.217. The lowest BCUT2D eigenvalue weighted by Gasteiger charge is -2.34. The van der Waals surface area contributed by atoms with Crippen LogP contribution < -0.4 is 4.74 Å². The van der Waals surface area contributed by atoms with E-state index in [0.29, 0.717) is 13.0 Å². The lowest BCUT2D eigenvalue weighted by molar-refractivity contribution is -0.132. The quantitative estimate of drug-likeness (QED) is 0.894. The van der Waals surface area contributed by atoms with Gasteiger partial charge in [-0.1, -0.05) is 12.1 Å². The molecule has 0 saturated carbocycles. The van der Waals surface area contributed by atoms with Gasteiger partial charge in [0.1, 0.15) is 11.4 Å². The molecule has 1 saturated heterocycles. The van der Waals surface area contributed by atoms with E-state index >= 15 is 0 Å². The molecule has 23 heavy (non-hydrogen) atoms. The number of hydrogen-bond donors (Lipinski definition) is 1. The summed E-state index contributed by atoms with van der Waals surface area (Å²) in [6.45, 7) is 10.1. The minimum Gasteiger partial charge on any atom is -0.488 e. The van der Waals surface area contributed by atoms with Gasteiger partial charge in [0.15, 0.2) is 0 Å². The first kappa shape index (κ1) is 17.8. The van der Waals surface area contributed by atoms with Crippen LogP contribution in [0.4, 0.5) is 0 Å². The monoisotopic (exact) mass is 320 g/mol. The second-order valence-corrected chi connectivity index (χ2v) is 6.98. The van der Waals surface area contributed by atoms with E-state index in [2.05, 4.69) is 4.90 Å². The van der Waals surface area contributed by atoms with Gasteiger partial charge < -0.3 is 14.7 Å². The van der Waals surface area contributed by atoms with Gasteiger partial charge in [0.2, 0.25) is 5.91 Å². The van der Waals surface area contributed by atoms with E-state index in [4.69, 9.17) is 9.84 Å². The Hall–Kier alpha value is -1.59. The van der Waals surface area contributed by atoms with Crippen molar-refractivity contribution in [3.05, 3.63) is 29.8 Å². The maximum absolute atomic E-state index is 12.4. The van der Waals surface area contributed by atoms with Crippen LogP contribution in [0.5, 0.6) is 5.75 Å². The number of ether oxygens (including phenoxy) is 1. The molecule has 0 aliphatic carbocycles. The van der Waals surface area contributed by atoms with Gasteiger partial charge in [0.25, 0.3) is 0 Å². The number of nitrogens with zero attached hydrogens (tertiary/aromatic N) is 2. The molecule has 0 aromatic heterocycles. The Bertz CT molecular complexity index is 500. The Balaban J connectivity index is 1.84. The highest BCUT2D eigenvalue weighted by Gasteiger charge is 2.20. The van der Waals surface area contributed by atoms with Gasteiger partial charge in [-0.15, -0.1) is 0 Å². The van der Waals surface area contributed by atoms with E-state index in [1.165, 1.54) is 0 Å². The zero-order valence-corrected chi connectivity index (χ0v) is 14.4. The molecule has 2 rings (SSSR count). The number of rotatable bonds is 5. The van der Waals surface area contributed by atoms with Gasteiger partial charge >= 0.3 is 0 Å². The molecule has 1 amide bonds. The van der Waals surface area contributed by atoms with Crippen molar-refractivity contribution < 1.29 is 14.6 Å². The van der Waals surface area contributed by atoms with E-state index < -0.39 is 0 Å². The van der Waals surface area contributed by atoms with Gasteiger partial charge in [-0.25, -0.2) is 0 Å². The minimum absolute atomic E-state index is 0.165. The van der Waals surface area contributed by atoms with Gasteiger partial charge in [-0.2, -0.15) is 0 Å². The molecule has 1 aromatic rings. The fraction of sp³-hybridized carbons (Fsp3) is 0.611. The van der Waals surface area contributed by atoms with Crippen LogP contribution in [0.1, 0.15) is 26.3 Å². The van der Waals surface area contributed by atoms with Crippen LogP contribution in [-0.2, 0) is 11.2 Å². The van der Waals surface area contributed by atoms with E-state index in [9.17, 15) is 4.79 Å². The first-order chi connectivity index (χ1) is 10.9. The molecule has 1 heterocycles. The third kappa shape index (κ3) is 5.84. The number of β-amino-alcohol motifs (C(OH)–C–C–N with tert-alkyl or cyclic N) is 1. The summed E-state index contributed by atoms with van der Waals surface area (Å²) in [7, 11) is 0. The molecule has 1 aliphatic heterocycles. The van der Waals surface area contributed by atoms with Crippen LogP contribution in [0.25, 0.3) is 0 Å². The SMILES string of the molecule is CC(C)(C)Oc1ccc(CC(=O)N2CCN(CCO)CC2)cc1. The van der Waals surface area contributed by atoms with Crippen molar-refractivity contribution in [1.82, 2.24) is 9.80 Å². The van der Waals surface area contributed by atoms with Gasteiger partial charge in [-0.3, -0.25) is 9.69 Å². The van der Waals surface area contributed by atoms with Gasteiger partial charge in [0.05, 0.1) is 13.0 Å². The van der Waals surface area contributed by atoms with Gasteiger partial charge in [-0.05, 0) is 38.5 Å². The Labute approximate surface area is 138 Å². The molecular weight excluding hydrogens is 292 g/mol. The molecule has 128 valence electrons. The summed E-state index contributed by atoms with van der Waals surface area (Å²) in [6, 6.07) is 7.77. The fourth-order valence-corrected chi connectivity index (χ4v) is 2.68. The average molecular weight is 320 g/mol. The van der Waals surface area contributed by atoms with Crippen molar-refractivity contribution in [1.29, 1.82) is 0 Å². The van der Waals surface area contributed by atoms with Crippen molar-refractivity contribution in [2.75, 3.05) is 39.3 Å². The largest absolute Gasteiger partial charge is 0.488 e. The zero-order valence-electron chi connectivity index (χ0n) is 14.4. The number of benzene rings is 1. The van der Waals surface area contributed by atoms with Crippen LogP contribution in [0.2, 0.25) is 0 Å². The second-order valence-electron chi connectivity index (χ2n) is 6.98. The van der Waals surface area contributed by atoms with Crippen molar-refractivity contribution in [2.45, 2.75) is 32.8 Å². The van der Waals surface area contributed by atoms with E-state index in [1.54, 1.807) is 0 Å². The highest BCUT2D eigenvalue weighted by molar-refractivity contribution is 5.78. The number of hydrogen-bond acceptors (Lipinski definition) is 4. The molecule has 1 aromatic carbocycles. The summed E-state index contributed by atoms with van der Waals surface area (Å²) in [5, 5.41) is 8.95. The summed E-state index contributed by atoms with van der Waals surface area (Å²) in [6.07, 6.45) is 0.426. The lowest BCUT2D eigenvalue weighted by Crippen LogP contribution is -2.49. The number of carbonyl (C=O) groups is 1.